The Morgan fingerprint density at radius 1 is 1.10 bits per heavy atom. The zero-order chi connectivity index (χ0) is 20.6. The van der Waals surface area contributed by atoms with Gasteiger partial charge in [-0.2, -0.15) is 0 Å². The SMILES string of the molecule is CCOc1ccccc1-c1nc(CC(=O)OC(C)C(=O)Nc2ccccc2)cs1. The first kappa shape index (κ1) is 20.5. The molecule has 2 aromatic carbocycles. The summed E-state index contributed by atoms with van der Waals surface area (Å²) in [6, 6.07) is 16.7. The van der Waals surface area contributed by atoms with Crippen molar-refractivity contribution in [3.05, 3.63) is 65.7 Å². The largest absolute Gasteiger partial charge is 0.493 e. The number of hydrogen-bond donors (Lipinski definition) is 1. The molecule has 0 saturated heterocycles. The van der Waals surface area contributed by atoms with Gasteiger partial charge in [-0.15, -0.1) is 11.3 Å². The first-order chi connectivity index (χ1) is 14.1. The van der Waals surface area contributed by atoms with Crippen LogP contribution in [-0.2, 0) is 20.7 Å². The molecule has 1 atom stereocenters. The molecule has 3 aromatic rings. The molecule has 6 nitrogen and oxygen atoms in total. The van der Waals surface area contributed by atoms with Gasteiger partial charge in [-0.3, -0.25) is 9.59 Å². The predicted molar refractivity (Wildman–Crippen MR) is 113 cm³/mol. The minimum atomic E-state index is -0.903. The van der Waals surface area contributed by atoms with Crippen molar-refractivity contribution in [2.75, 3.05) is 11.9 Å². The monoisotopic (exact) mass is 410 g/mol. The van der Waals surface area contributed by atoms with E-state index in [4.69, 9.17) is 9.47 Å². The van der Waals surface area contributed by atoms with Gasteiger partial charge in [-0.05, 0) is 38.1 Å². The van der Waals surface area contributed by atoms with Crippen LogP contribution in [0.2, 0.25) is 0 Å². The van der Waals surface area contributed by atoms with E-state index in [9.17, 15) is 9.59 Å². The van der Waals surface area contributed by atoms with E-state index < -0.39 is 12.1 Å². The Hall–Kier alpha value is -3.19. The van der Waals surface area contributed by atoms with Crippen molar-refractivity contribution >= 4 is 28.9 Å². The predicted octanol–water partition coefficient (Wildman–Crippen LogP) is 4.32. The Balaban J connectivity index is 1.58. The van der Waals surface area contributed by atoms with Crippen molar-refractivity contribution in [2.45, 2.75) is 26.4 Å². The van der Waals surface area contributed by atoms with Crippen molar-refractivity contribution in [3.8, 4) is 16.3 Å². The standard InChI is InChI=1S/C22H22N2O4S/c1-3-27-19-12-8-7-11-18(19)22-24-17(14-29-22)13-20(25)28-15(2)21(26)23-16-9-5-4-6-10-16/h4-12,14-15H,3,13H2,1-2H3,(H,23,26). The Bertz CT molecular complexity index is 972. The maximum Gasteiger partial charge on any atom is 0.312 e. The van der Waals surface area contributed by atoms with Gasteiger partial charge in [0.05, 0.1) is 24.3 Å². The summed E-state index contributed by atoms with van der Waals surface area (Å²) < 4.78 is 10.9. The van der Waals surface area contributed by atoms with E-state index in [2.05, 4.69) is 10.3 Å². The lowest BCUT2D eigenvalue weighted by Gasteiger charge is -2.13. The molecular weight excluding hydrogens is 388 g/mol. The number of nitrogens with zero attached hydrogens (tertiary/aromatic N) is 1. The molecule has 0 aliphatic carbocycles. The van der Waals surface area contributed by atoms with Gasteiger partial charge in [-0.1, -0.05) is 30.3 Å². The third-order valence-corrected chi connectivity index (χ3v) is 4.94. The maximum atomic E-state index is 12.2. The molecule has 1 unspecified atom stereocenters. The third-order valence-electron chi connectivity index (χ3n) is 4.01. The second-order valence-electron chi connectivity index (χ2n) is 6.24. The van der Waals surface area contributed by atoms with Crippen LogP contribution >= 0.6 is 11.3 Å². The van der Waals surface area contributed by atoms with E-state index in [1.165, 1.54) is 11.3 Å². The summed E-state index contributed by atoms with van der Waals surface area (Å²) in [5.41, 5.74) is 2.13. The number of esters is 1. The number of ether oxygens (including phenoxy) is 2. The molecule has 7 heteroatoms. The fraction of sp³-hybridized carbons (Fsp3) is 0.227. The van der Waals surface area contributed by atoms with Crippen LogP contribution < -0.4 is 10.1 Å². The van der Waals surface area contributed by atoms with E-state index in [1.807, 2.05) is 54.8 Å². The zero-order valence-electron chi connectivity index (χ0n) is 16.3. The number of thiazole rings is 1. The van der Waals surface area contributed by atoms with Crippen molar-refractivity contribution in [2.24, 2.45) is 0 Å². The maximum absolute atomic E-state index is 12.2. The molecule has 1 amide bonds. The first-order valence-corrected chi connectivity index (χ1v) is 10.2. The Labute approximate surface area is 173 Å². The molecule has 1 N–H and O–H groups in total. The number of carbonyl (C=O) groups is 2. The van der Waals surface area contributed by atoms with Crippen molar-refractivity contribution < 1.29 is 19.1 Å². The van der Waals surface area contributed by atoms with Crippen LogP contribution in [0.5, 0.6) is 5.75 Å². The Morgan fingerprint density at radius 3 is 2.59 bits per heavy atom. The summed E-state index contributed by atoms with van der Waals surface area (Å²) in [6.45, 7) is 4.03. The first-order valence-electron chi connectivity index (χ1n) is 9.28. The summed E-state index contributed by atoms with van der Waals surface area (Å²) in [4.78, 5) is 28.9. The van der Waals surface area contributed by atoms with Crippen LogP contribution in [0.25, 0.3) is 10.6 Å². The van der Waals surface area contributed by atoms with Crippen LogP contribution in [0.3, 0.4) is 0 Å². The number of rotatable bonds is 8. The quantitative estimate of drug-likeness (QED) is 0.560. The smallest absolute Gasteiger partial charge is 0.312 e. The lowest BCUT2D eigenvalue weighted by molar-refractivity contribution is -0.152. The molecular formula is C22H22N2O4S. The molecule has 0 bridgehead atoms. The highest BCUT2D eigenvalue weighted by Crippen LogP contribution is 2.32. The minimum absolute atomic E-state index is 0.00371. The average Bonchev–Trinajstić information content (AvgIpc) is 3.17. The summed E-state index contributed by atoms with van der Waals surface area (Å²) in [5, 5.41) is 5.29. The van der Waals surface area contributed by atoms with Crippen molar-refractivity contribution in [3.63, 3.8) is 0 Å². The molecule has 0 aliphatic heterocycles. The summed E-state index contributed by atoms with van der Waals surface area (Å²) in [7, 11) is 0. The lowest BCUT2D eigenvalue weighted by Crippen LogP contribution is -2.30. The second kappa shape index (κ2) is 9.84. The van der Waals surface area contributed by atoms with Gasteiger partial charge in [0.2, 0.25) is 0 Å². The third kappa shape index (κ3) is 5.65. The van der Waals surface area contributed by atoms with Crippen LogP contribution in [-0.4, -0.2) is 29.6 Å². The molecule has 3 rings (SSSR count). The number of para-hydroxylation sites is 2. The minimum Gasteiger partial charge on any atom is -0.493 e. The Kier molecular flexibility index (Phi) is 6.97. The lowest BCUT2D eigenvalue weighted by atomic mass is 10.2. The van der Waals surface area contributed by atoms with Gasteiger partial charge in [-0.25, -0.2) is 4.98 Å². The van der Waals surface area contributed by atoms with E-state index in [0.717, 1.165) is 16.3 Å². The normalized spacial score (nSPS) is 11.5. The number of amides is 1. The fourth-order valence-electron chi connectivity index (χ4n) is 2.64. The number of anilines is 1. The van der Waals surface area contributed by atoms with Gasteiger partial charge in [0.25, 0.3) is 5.91 Å². The van der Waals surface area contributed by atoms with E-state index in [0.29, 0.717) is 18.0 Å². The highest BCUT2D eigenvalue weighted by Gasteiger charge is 2.19. The highest BCUT2D eigenvalue weighted by molar-refractivity contribution is 7.13. The highest BCUT2D eigenvalue weighted by atomic mass is 32.1. The molecule has 0 fully saturated rings. The molecule has 29 heavy (non-hydrogen) atoms. The van der Waals surface area contributed by atoms with Crippen LogP contribution in [0, 0.1) is 0 Å². The number of nitrogens with one attached hydrogen (secondary N) is 1. The van der Waals surface area contributed by atoms with Gasteiger partial charge >= 0.3 is 5.97 Å². The van der Waals surface area contributed by atoms with E-state index in [1.54, 1.807) is 19.1 Å². The molecule has 1 aromatic heterocycles. The second-order valence-corrected chi connectivity index (χ2v) is 7.10. The number of aromatic nitrogens is 1. The average molecular weight is 410 g/mol. The number of benzene rings is 2. The topological polar surface area (TPSA) is 77.5 Å². The summed E-state index contributed by atoms with van der Waals surface area (Å²) >= 11 is 1.43. The Morgan fingerprint density at radius 2 is 1.83 bits per heavy atom. The molecule has 0 saturated carbocycles. The number of hydrogen-bond acceptors (Lipinski definition) is 6. The van der Waals surface area contributed by atoms with E-state index in [-0.39, 0.29) is 12.3 Å². The van der Waals surface area contributed by atoms with Crippen molar-refractivity contribution in [1.82, 2.24) is 4.98 Å². The van der Waals surface area contributed by atoms with Gasteiger partial charge in [0.15, 0.2) is 6.10 Å². The van der Waals surface area contributed by atoms with E-state index >= 15 is 0 Å². The molecule has 150 valence electrons. The van der Waals surface area contributed by atoms with Crippen molar-refractivity contribution in [1.29, 1.82) is 0 Å². The van der Waals surface area contributed by atoms with Crippen LogP contribution in [0.4, 0.5) is 5.69 Å². The summed E-state index contributed by atoms with van der Waals surface area (Å²) in [5.74, 6) is -0.130. The molecule has 0 spiro atoms. The zero-order valence-corrected chi connectivity index (χ0v) is 17.1. The van der Waals surface area contributed by atoms with Gasteiger partial charge in [0, 0.05) is 11.1 Å². The molecule has 0 aliphatic rings. The molecule has 0 radical (unpaired) electrons. The summed E-state index contributed by atoms with van der Waals surface area (Å²) in [6.07, 6.45) is -0.907. The van der Waals surface area contributed by atoms with Gasteiger partial charge < -0.3 is 14.8 Å². The fourth-order valence-corrected chi connectivity index (χ4v) is 3.49. The van der Waals surface area contributed by atoms with Gasteiger partial charge in [0.1, 0.15) is 10.8 Å². The molecule has 1 heterocycles. The number of carbonyl (C=O) groups excluding carboxylic acids is 2. The van der Waals surface area contributed by atoms with Crippen LogP contribution in [0.15, 0.2) is 60.0 Å². The van der Waals surface area contributed by atoms with Crippen LogP contribution in [0.1, 0.15) is 19.5 Å².